The van der Waals surface area contributed by atoms with Crippen LogP contribution in [0.1, 0.15) is 6.42 Å². The number of hydrogen-bond donors (Lipinski definition) is 12. The van der Waals surface area contributed by atoms with Gasteiger partial charge in [-0.1, -0.05) is 11.6 Å². The van der Waals surface area contributed by atoms with E-state index in [1.54, 1.807) is 5.73 Å². The molecule has 0 aliphatic carbocycles. The van der Waals surface area contributed by atoms with Crippen molar-refractivity contribution < 1.29 is 67.1 Å². The molecule has 1 rings (SSSR count). The minimum atomic E-state index is -2.33. The number of halogens is 1. The van der Waals surface area contributed by atoms with Crippen LogP contribution >= 0.6 is 11.6 Å². The number of aliphatic hydroxyl groups is 11. The standard InChI is InChI=1S/C16H28ClN3O13/c17-8-13(18)19-16(33-15(31)12(30)11(29)10(28)6(25)3-22)20-14(8)32-7(26)1-4(23)9(27)5(24)2-21/h4-7,9-12,15,21-31H,1-3H2,(H2,18,19,20)/t4?,5?,6?,7?,9-,10+,11+,12?,15?/m0/s1/i/hD. The summed E-state index contributed by atoms with van der Waals surface area (Å²) in [6.45, 7) is -1.83. The van der Waals surface area contributed by atoms with Crippen molar-refractivity contribution in [2.75, 3.05) is 18.9 Å². The predicted molar refractivity (Wildman–Crippen MR) is 106 cm³/mol. The average molecular weight is 507 g/mol. The zero-order valence-corrected chi connectivity index (χ0v) is 17.6. The minimum absolute atomic E-state index is 0.483. The number of ether oxygens (including phenoxy) is 2. The monoisotopic (exact) mass is 506 g/mol. The Kier molecular flexibility index (Phi) is 11.1. The first kappa shape index (κ1) is 27.6. The van der Waals surface area contributed by atoms with E-state index in [1.165, 1.54) is 0 Å². The van der Waals surface area contributed by atoms with Gasteiger partial charge in [0.2, 0.25) is 18.5 Å². The highest BCUT2D eigenvalue weighted by molar-refractivity contribution is 6.34. The lowest BCUT2D eigenvalue weighted by Crippen LogP contribution is -2.51. The van der Waals surface area contributed by atoms with Crippen LogP contribution in [0.15, 0.2) is 0 Å². The van der Waals surface area contributed by atoms with E-state index >= 15 is 0 Å². The number of anilines is 1. The van der Waals surface area contributed by atoms with Gasteiger partial charge in [-0.2, -0.15) is 9.97 Å². The Labute approximate surface area is 192 Å². The number of rotatable bonds is 15. The number of nitrogens with two attached hydrogens (primary N) is 1. The fraction of sp³-hybridized carbons (Fsp3) is 0.750. The molecule has 0 aliphatic heterocycles. The van der Waals surface area contributed by atoms with Gasteiger partial charge in [-0.3, -0.25) is 0 Å². The molecule has 9 atom stereocenters. The van der Waals surface area contributed by atoms with Crippen molar-refractivity contribution >= 4 is 17.4 Å². The van der Waals surface area contributed by atoms with Crippen LogP contribution < -0.4 is 15.2 Å². The summed E-state index contributed by atoms with van der Waals surface area (Å²) < 4.78 is 17.0. The molecular weight excluding hydrogens is 478 g/mol. The van der Waals surface area contributed by atoms with Gasteiger partial charge in [0.1, 0.15) is 41.6 Å². The van der Waals surface area contributed by atoms with Gasteiger partial charge in [0.25, 0.3) is 0 Å². The second kappa shape index (κ2) is 13.3. The fourth-order valence-electron chi connectivity index (χ4n) is 2.31. The molecule has 0 saturated carbocycles. The third kappa shape index (κ3) is 8.25. The van der Waals surface area contributed by atoms with Crippen LogP contribution in [-0.2, 0) is 0 Å². The molecule has 17 heteroatoms. The van der Waals surface area contributed by atoms with Crippen molar-refractivity contribution in [2.45, 2.75) is 61.7 Å². The van der Waals surface area contributed by atoms with E-state index in [0.29, 0.717) is 0 Å². The number of aromatic nitrogens is 2. The van der Waals surface area contributed by atoms with Crippen LogP contribution in [-0.4, -0.2) is 135 Å². The highest BCUT2D eigenvalue weighted by atomic mass is 35.5. The maximum atomic E-state index is 9.98. The van der Waals surface area contributed by atoms with Gasteiger partial charge in [0, 0.05) is 6.42 Å². The van der Waals surface area contributed by atoms with Crippen LogP contribution in [0.3, 0.4) is 0 Å². The van der Waals surface area contributed by atoms with Crippen LogP contribution in [0.5, 0.6) is 11.9 Å². The molecule has 192 valence electrons. The SMILES string of the molecule is [2H]Nc1nc(OC(O)C(O)[C@H](O)[C@H](O)C(O)CO)nc(OC(O)CC(O)[C@H](O)C(O)CO)c1Cl. The lowest BCUT2D eigenvalue weighted by Gasteiger charge is -2.28. The molecule has 1 heterocycles. The number of hydrogen-bond acceptors (Lipinski definition) is 16. The summed E-state index contributed by atoms with van der Waals surface area (Å²) in [4.78, 5) is 7.17. The van der Waals surface area contributed by atoms with E-state index in [1.807, 2.05) is 0 Å². The Balaban J connectivity index is 2.98. The summed E-state index contributed by atoms with van der Waals surface area (Å²) in [6, 6.07) is -0.825. The third-order valence-corrected chi connectivity index (χ3v) is 4.61. The van der Waals surface area contributed by atoms with Crippen molar-refractivity contribution in [1.82, 2.24) is 9.97 Å². The Hall–Kier alpha value is -1.67. The van der Waals surface area contributed by atoms with Crippen molar-refractivity contribution in [3.8, 4) is 11.9 Å². The first-order valence-corrected chi connectivity index (χ1v) is 9.68. The van der Waals surface area contributed by atoms with E-state index < -0.39 is 97.7 Å². The zero-order chi connectivity index (χ0) is 26.2. The van der Waals surface area contributed by atoms with Crippen molar-refractivity contribution in [1.29, 1.82) is 0 Å². The Morgan fingerprint density at radius 3 is 1.91 bits per heavy atom. The molecule has 0 saturated heterocycles. The summed E-state index contributed by atoms with van der Waals surface area (Å²) in [7, 11) is 0. The van der Waals surface area contributed by atoms with Gasteiger partial charge in [0.15, 0.2) is 7.23 Å². The summed E-state index contributed by atoms with van der Waals surface area (Å²) in [5.41, 5.74) is 1.78. The Bertz CT molecular complexity index is 756. The molecule has 0 aliphatic rings. The van der Waals surface area contributed by atoms with E-state index in [-0.39, 0.29) is 0 Å². The molecule has 0 amide bonds. The normalized spacial score (nSPS) is 20.4. The van der Waals surface area contributed by atoms with Crippen LogP contribution in [0.25, 0.3) is 0 Å². The van der Waals surface area contributed by atoms with Crippen LogP contribution in [0.2, 0.25) is 6.43 Å². The van der Waals surface area contributed by atoms with Gasteiger partial charge in [-0.25, -0.2) is 0 Å². The van der Waals surface area contributed by atoms with Gasteiger partial charge in [0.05, 0.1) is 19.3 Å². The summed E-state index contributed by atoms with van der Waals surface area (Å²) in [5, 5.41) is 104. The maximum absolute atomic E-state index is 9.98. The largest absolute Gasteiger partial charge is 0.447 e. The number of aliphatic hydroxyl groups excluding tert-OH is 11. The first-order valence-electron chi connectivity index (χ1n) is 9.80. The second-order valence-electron chi connectivity index (χ2n) is 6.82. The van der Waals surface area contributed by atoms with E-state index in [2.05, 4.69) is 9.97 Å². The molecule has 13 N–H and O–H groups in total. The average Bonchev–Trinajstić information content (AvgIpc) is 2.82. The molecule has 1 aromatic heterocycles. The van der Waals surface area contributed by atoms with E-state index in [0.717, 1.165) is 0 Å². The Morgan fingerprint density at radius 2 is 1.36 bits per heavy atom. The minimum Gasteiger partial charge on any atom is -0.447 e. The number of nitrogens with zero attached hydrogens (tertiary/aromatic N) is 2. The Morgan fingerprint density at radius 1 is 0.788 bits per heavy atom. The van der Waals surface area contributed by atoms with Crippen LogP contribution in [0.4, 0.5) is 5.82 Å². The lowest BCUT2D eigenvalue weighted by atomic mass is 10.0. The van der Waals surface area contributed by atoms with Crippen molar-refractivity contribution in [3.05, 3.63) is 5.02 Å². The highest BCUT2D eigenvalue weighted by Gasteiger charge is 2.36. The predicted octanol–water partition coefficient (Wildman–Crippen LogP) is -5.99. The third-order valence-electron chi connectivity index (χ3n) is 4.27. The molecule has 1 aromatic rings. The highest BCUT2D eigenvalue weighted by Crippen LogP contribution is 2.30. The van der Waals surface area contributed by atoms with Gasteiger partial charge in [-0.15, -0.1) is 0 Å². The van der Waals surface area contributed by atoms with Crippen LogP contribution in [0, 0.1) is 0 Å². The van der Waals surface area contributed by atoms with Gasteiger partial charge in [-0.05, 0) is 0 Å². The molecule has 6 unspecified atom stereocenters. The summed E-state index contributed by atoms with van der Waals surface area (Å²) in [5.74, 6) is -1.15. The van der Waals surface area contributed by atoms with E-state index in [9.17, 15) is 46.0 Å². The molecular formula is C16H28ClN3O13. The molecule has 33 heavy (non-hydrogen) atoms. The number of nitrogen functional groups attached to an aromatic ring is 1. The zero-order valence-electron chi connectivity index (χ0n) is 17.8. The van der Waals surface area contributed by atoms with E-state index in [4.69, 9.17) is 32.7 Å². The fourth-order valence-corrected chi connectivity index (χ4v) is 2.44. The molecule has 0 spiro atoms. The molecule has 0 fully saturated rings. The first-order chi connectivity index (χ1) is 15.9. The van der Waals surface area contributed by atoms with Gasteiger partial charge < -0.3 is 71.4 Å². The molecule has 0 aromatic carbocycles. The van der Waals surface area contributed by atoms with Crippen molar-refractivity contribution in [2.24, 2.45) is 0 Å². The lowest BCUT2D eigenvalue weighted by molar-refractivity contribution is -0.183. The topological polar surface area (TPSA) is 293 Å². The molecule has 0 bridgehead atoms. The summed E-state index contributed by atoms with van der Waals surface area (Å²) >= 11 is 5.92. The van der Waals surface area contributed by atoms with Crippen molar-refractivity contribution in [3.63, 3.8) is 0 Å². The molecule has 16 nitrogen and oxygen atoms in total. The van der Waals surface area contributed by atoms with Gasteiger partial charge >= 0.3 is 6.01 Å². The second-order valence-corrected chi connectivity index (χ2v) is 7.20. The summed E-state index contributed by atoms with van der Waals surface area (Å²) in [6.07, 6.45) is -18.6. The smallest absolute Gasteiger partial charge is 0.324 e. The molecule has 0 radical (unpaired) electrons. The quantitative estimate of drug-likeness (QED) is 0.0984. The maximum Gasteiger partial charge on any atom is 0.324 e.